The summed E-state index contributed by atoms with van der Waals surface area (Å²) in [6.07, 6.45) is 2.01. The summed E-state index contributed by atoms with van der Waals surface area (Å²) in [7, 11) is 0. The van der Waals surface area contributed by atoms with Crippen molar-refractivity contribution in [3.05, 3.63) is 84.1 Å². The molecule has 2 heterocycles. The van der Waals surface area contributed by atoms with Gasteiger partial charge in [0.2, 0.25) is 0 Å². The Labute approximate surface area is 196 Å². The maximum absolute atomic E-state index is 13.5. The maximum atomic E-state index is 13.5. The van der Waals surface area contributed by atoms with E-state index in [-0.39, 0.29) is 12.3 Å². The number of hydrogen-bond donors (Lipinski definition) is 1. The third kappa shape index (κ3) is 3.32. The number of nitrogens with zero attached hydrogens (tertiary/aromatic N) is 3. The molecule has 1 N–H and O–H groups in total. The number of hydrogen-bond acceptors (Lipinski definition) is 4. The average Bonchev–Trinajstić information content (AvgIpc) is 3.33. The Bertz CT molecular complexity index is 1510. The van der Waals surface area contributed by atoms with E-state index in [1.165, 1.54) is 0 Å². The molecule has 3 amide bonds. The van der Waals surface area contributed by atoms with Crippen LogP contribution in [0.15, 0.2) is 72.9 Å². The van der Waals surface area contributed by atoms with Crippen LogP contribution in [0.3, 0.4) is 0 Å². The van der Waals surface area contributed by atoms with Gasteiger partial charge in [-0.25, -0.2) is 4.79 Å². The molecule has 1 saturated heterocycles. The number of nitrogens with one attached hydrogen (secondary N) is 1. The third-order valence-corrected chi connectivity index (χ3v) is 6.46. The second kappa shape index (κ2) is 8.16. The summed E-state index contributed by atoms with van der Waals surface area (Å²) >= 11 is 0. The number of imide groups is 1. The van der Waals surface area contributed by atoms with Crippen LogP contribution in [0.1, 0.15) is 29.3 Å². The highest BCUT2D eigenvalue weighted by Gasteiger charge is 2.50. The van der Waals surface area contributed by atoms with Crippen LogP contribution >= 0.6 is 0 Å². The van der Waals surface area contributed by atoms with E-state index in [1.807, 2.05) is 71.3 Å². The van der Waals surface area contributed by atoms with Crippen molar-refractivity contribution in [3.63, 3.8) is 0 Å². The SMILES string of the molecule is CC1(c2cccc3ccccc23)NC(=O)N(CC(=O)c2cn(CCC#N)c3ccccc23)C1=O. The molecule has 0 aliphatic carbocycles. The standard InChI is InChI=1S/C27H22N4O3/c1-27(22-12-6-9-18-8-2-3-10-19(18)22)25(33)31(26(34)29-27)17-24(32)21-16-30(15-7-14-28)23-13-5-4-11-20(21)23/h2-6,8-13,16H,7,15,17H2,1H3,(H,29,34). The largest absolute Gasteiger partial charge is 0.346 e. The molecule has 1 fully saturated rings. The molecule has 1 aromatic heterocycles. The third-order valence-electron chi connectivity index (χ3n) is 6.46. The van der Waals surface area contributed by atoms with E-state index in [0.717, 1.165) is 26.6 Å². The van der Waals surface area contributed by atoms with Crippen LogP contribution in [0.2, 0.25) is 0 Å². The zero-order valence-electron chi connectivity index (χ0n) is 18.6. The number of nitriles is 1. The van der Waals surface area contributed by atoms with Crippen LogP contribution in [0.5, 0.6) is 0 Å². The molecule has 168 valence electrons. The lowest BCUT2D eigenvalue weighted by molar-refractivity contribution is -0.130. The zero-order chi connectivity index (χ0) is 23.9. The predicted molar refractivity (Wildman–Crippen MR) is 128 cm³/mol. The Balaban J connectivity index is 1.47. The number of Topliss-reactive ketones (excluding diaryl/α,β-unsaturated/α-hetero) is 1. The second-order valence-electron chi connectivity index (χ2n) is 8.56. The summed E-state index contributed by atoms with van der Waals surface area (Å²) < 4.78 is 1.86. The van der Waals surface area contributed by atoms with Crippen molar-refractivity contribution in [1.82, 2.24) is 14.8 Å². The minimum atomic E-state index is -1.28. The summed E-state index contributed by atoms with van der Waals surface area (Å²) in [6.45, 7) is 1.76. The number of aromatic nitrogens is 1. The normalized spacial score (nSPS) is 17.8. The van der Waals surface area contributed by atoms with E-state index in [1.54, 1.807) is 13.1 Å². The molecule has 0 bridgehead atoms. The van der Waals surface area contributed by atoms with Gasteiger partial charge < -0.3 is 9.88 Å². The van der Waals surface area contributed by atoms with Crippen molar-refractivity contribution in [1.29, 1.82) is 5.26 Å². The van der Waals surface area contributed by atoms with Gasteiger partial charge in [0.05, 0.1) is 19.0 Å². The number of urea groups is 1. The smallest absolute Gasteiger partial charge is 0.325 e. The fourth-order valence-electron chi connectivity index (χ4n) is 4.74. The first-order chi connectivity index (χ1) is 16.4. The summed E-state index contributed by atoms with van der Waals surface area (Å²) in [4.78, 5) is 40.7. The maximum Gasteiger partial charge on any atom is 0.325 e. The van der Waals surface area contributed by atoms with E-state index in [0.29, 0.717) is 24.1 Å². The summed E-state index contributed by atoms with van der Waals surface area (Å²) in [5.41, 5.74) is 0.665. The lowest BCUT2D eigenvalue weighted by Gasteiger charge is -2.24. The molecule has 34 heavy (non-hydrogen) atoms. The number of fused-ring (bicyclic) bond motifs is 2. The lowest BCUT2D eigenvalue weighted by atomic mass is 9.88. The van der Waals surface area contributed by atoms with Crippen molar-refractivity contribution in [2.75, 3.05) is 6.54 Å². The first kappa shape index (κ1) is 21.4. The monoisotopic (exact) mass is 450 g/mol. The number of carbonyl (C=O) groups excluding carboxylic acids is 3. The molecule has 7 nitrogen and oxygen atoms in total. The van der Waals surface area contributed by atoms with E-state index < -0.39 is 17.5 Å². The number of benzene rings is 3. The quantitative estimate of drug-likeness (QED) is 0.349. The van der Waals surface area contributed by atoms with Gasteiger partial charge >= 0.3 is 6.03 Å². The Kier molecular flexibility index (Phi) is 5.14. The number of aryl methyl sites for hydroxylation is 1. The minimum Gasteiger partial charge on any atom is -0.346 e. The van der Waals surface area contributed by atoms with Crippen molar-refractivity contribution in [2.45, 2.75) is 25.4 Å². The average molecular weight is 450 g/mol. The van der Waals surface area contributed by atoms with Crippen LogP contribution in [-0.4, -0.2) is 33.7 Å². The first-order valence-corrected chi connectivity index (χ1v) is 11.0. The predicted octanol–water partition coefficient (Wildman–Crippen LogP) is 4.36. The van der Waals surface area contributed by atoms with Gasteiger partial charge in [0.15, 0.2) is 5.78 Å². The summed E-state index contributed by atoms with van der Waals surface area (Å²) in [5, 5.41) is 14.3. The molecule has 1 aliphatic heterocycles. The number of carbonyl (C=O) groups is 3. The molecule has 4 aromatic rings. The summed E-state index contributed by atoms with van der Waals surface area (Å²) in [5.74, 6) is -0.798. The van der Waals surface area contributed by atoms with Gasteiger partial charge in [-0.1, -0.05) is 60.7 Å². The Hall–Kier alpha value is -4.44. The Morgan fingerprint density at radius 1 is 1.00 bits per heavy atom. The number of ketones is 1. The molecule has 0 spiro atoms. The molecule has 0 radical (unpaired) electrons. The van der Waals surface area contributed by atoms with Gasteiger partial charge in [-0.15, -0.1) is 0 Å². The van der Waals surface area contributed by atoms with Crippen LogP contribution in [-0.2, 0) is 16.9 Å². The first-order valence-electron chi connectivity index (χ1n) is 11.0. The molecule has 0 saturated carbocycles. The molecule has 1 atom stereocenters. The van der Waals surface area contributed by atoms with E-state index >= 15 is 0 Å². The van der Waals surface area contributed by atoms with Crippen LogP contribution in [0.25, 0.3) is 21.7 Å². The zero-order valence-corrected chi connectivity index (χ0v) is 18.6. The Morgan fingerprint density at radius 2 is 1.71 bits per heavy atom. The van der Waals surface area contributed by atoms with Crippen molar-refractivity contribution >= 4 is 39.4 Å². The second-order valence-corrected chi connectivity index (χ2v) is 8.56. The molecular weight excluding hydrogens is 428 g/mol. The fourth-order valence-corrected chi connectivity index (χ4v) is 4.74. The van der Waals surface area contributed by atoms with Gasteiger partial charge in [-0.2, -0.15) is 5.26 Å². The van der Waals surface area contributed by atoms with Gasteiger partial charge in [0.1, 0.15) is 5.54 Å². The van der Waals surface area contributed by atoms with Gasteiger partial charge in [0.25, 0.3) is 5.91 Å². The molecule has 7 heteroatoms. The van der Waals surface area contributed by atoms with Crippen LogP contribution < -0.4 is 5.32 Å². The number of amides is 3. The highest BCUT2D eigenvalue weighted by atomic mass is 16.2. The minimum absolute atomic E-state index is 0.308. The topological polar surface area (TPSA) is 95.2 Å². The lowest BCUT2D eigenvalue weighted by Crippen LogP contribution is -2.41. The molecule has 1 aliphatic rings. The van der Waals surface area contributed by atoms with Crippen molar-refractivity contribution in [3.8, 4) is 6.07 Å². The highest BCUT2D eigenvalue weighted by Crippen LogP contribution is 2.34. The van der Waals surface area contributed by atoms with Crippen LogP contribution in [0, 0.1) is 11.3 Å². The Morgan fingerprint density at radius 3 is 2.50 bits per heavy atom. The van der Waals surface area contributed by atoms with Gasteiger partial charge in [0, 0.05) is 29.2 Å². The van der Waals surface area contributed by atoms with Crippen molar-refractivity contribution < 1.29 is 14.4 Å². The fraction of sp³-hybridized carbons (Fsp3) is 0.185. The molecular formula is C27H22N4O3. The highest BCUT2D eigenvalue weighted by molar-refractivity contribution is 6.15. The van der Waals surface area contributed by atoms with E-state index in [4.69, 9.17) is 5.26 Å². The van der Waals surface area contributed by atoms with Crippen LogP contribution in [0.4, 0.5) is 4.79 Å². The number of rotatable bonds is 6. The molecule has 1 unspecified atom stereocenters. The molecule has 5 rings (SSSR count). The van der Waals surface area contributed by atoms with Crippen molar-refractivity contribution in [2.24, 2.45) is 0 Å². The van der Waals surface area contributed by atoms with Gasteiger partial charge in [-0.3, -0.25) is 14.5 Å². The number of para-hydroxylation sites is 1. The van der Waals surface area contributed by atoms with E-state index in [2.05, 4.69) is 11.4 Å². The van der Waals surface area contributed by atoms with Gasteiger partial charge in [-0.05, 0) is 29.3 Å². The summed E-state index contributed by atoms with van der Waals surface area (Å²) in [6, 6.07) is 22.2. The molecule has 3 aromatic carbocycles. The van der Waals surface area contributed by atoms with E-state index in [9.17, 15) is 14.4 Å².